The first-order chi connectivity index (χ1) is 4.70. The molecule has 0 aliphatic carbocycles. The molecule has 0 aliphatic heterocycles. The van der Waals surface area contributed by atoms with Gasteiger partial charge in [-0.2, -0.15) is 6.07 Å². The largest absolute Gasteiger partial charge is 2.00 e. The Kier molecular flexibility index (Phi) is 8.19. The van der Waals surface area contributed by atoms with Crippen molar-refractivity contribution in [2.75, 3.05) is 19.0 Å². The number of nitrogens with zero attached hydrogens (tertiary/aromatic N) is 1. The Bertz CT molecular complexity index is 213. The van der Waals surface area contributed by atoms with E-state index in [1.807, 2.05) is 19.0 Å². The van der Waals surface area contributed by atoms with Gasteiger partial charge in [0.25, 0.3) is 0 Å². The van der Waals surface area contributed by atoms with Crippen molar-refractivity contribution in [2.24, 2.45) is 0 Å². The molecular weight excluding hydrogens is 233 g/mol. The van der Waals surface area contributed by atoms with Crippen molar-refractivity contribution in [3.63, 3.8) is 0 Å². The normalized spacial score (nSPS) is 7.92. The predicted molar refractivity (Wildman–Crippen MR) is 45.3 cm³/mol. The summed E-state index contributed by atoms with van der Waals surface area (Å²) >= 11 is 0. The molecule has 1 aromatic rings. The fourth-order valence-corrected chi connectivity index (χ4v) is 0.676. The van der Waals surface area contributed by atoms with Gasteiger partial charge >= 0.3 is 23.1 Å². The van der Waals surface area contributed by atoms with Crippen molar-refractivity contribution in [1.29, 1.82) is 0 Å². The van der Waals surface area contributed by atoms with Crippen LogP contribution in [0.1, 0.15) is 0 Å². The Labute approximate surface area is 98.9 Å². The fourth-order valence-electron chi connectivity index (χ4n) is 0.676. The topological polar surface area (TPSA) is 3.24 Å². The first kappa shape index (κ1) is 14.7. The van der Waals surface area contributed by atoms with E-state index < -0.39 is 0 Å². The standard InChI is InChI=1S/C8H9FN.BrH.Mg/c1-10(2)8-5-3-7(9)4-6-8;;/h3,5-6H,1-2H3;1H;/q-1;;+2/p-1. The van der Waals surface area contributed by atoms with Gasteiger partial charge in [-0.25, -0.2) is 4.39 Å². The summed E-state index contributed by atoms with van der Waals surface area (Å²) in [4.78, 5) is 1.90. The summed E-state index contributed by atoms with van der Waals surface area (Å²) in [5.41, 5.74) is 0.960. The molecule has 12 heavy (non-hydrogen) atoms. The van der Waals surface area contributed by atoms with Crippen molar-refractivity contribution in [3.05, 3.63) is 30.1 Å². The monoisotopic (exact) mass is 241 g/mol. The Morgan fingerprint density at radius 3 is 2.25 bits per heavy atom. The minimum absolute atomic E-state index is 0. The minimum Gasteiger partial charge on any atom is -1.00 e. The molecular formula is C8H9BrFMgN. The molecule has 0 heterocycles. The Balaban J connectivity index is 0. The summed E-state index contributed by atoms with van der Waals surface area (Å²) in [5, 5.41) is 0. The molecule has 1 rings (SSSR count). The smallest absolute Gasteiger partial charge is 1.00 e. The van der Waals surface area contributed by atoms with Crippen LogP contribution in [0.5, 0.6) is 0 Å². The number of benzene rings is 1. The average molecular weight is 242 g/mol. The van der Waals surface area contributed by atoms with E-state index in [9.17, 15) is 4.39 Å². The summed E-state index contributed by atoms with van der Waals surface area (Å²) in [5.74, 6) is -0.314. The molecule has 0 spiro atoms. The zero-order valence-electron chi connectivity index (χ0n) is 7.14. The van der Waals surface area contributed by atoms with Crippen molar-refractivity contribution in [3.8, 4) is 0 Å². The van der Waals surface area contributed by atoms with Gasteiger partial charge in [0.15, 0.2) is 0 Å². The molecule has 0 aromatic heterocycles. The SMILES string of the molecule is CN(C)c1c[c-]c(F)cc1.[Br-].[Mg+2]. The van der Waals surface area contributed by atoms with Crippen LogP contribution in [0.3, 0.4) is 0 Å². The molecule has 0 atom stereocenters. The van der Waals surface area contributed by atoms with Crippen LogP contribution in [0.15, 0.2) is 18.2 Å². The molecule has 0 saturated heterocycles. The molecule has 62 valence electrons. The van der Waals surface area contributed by atoms with Crippen LogP contribution in [0.2, 0.25) is 0 Å². The average Bonchev–Trinajstić information content (AvgIpc) is 1.88. The zero-order chi connectivity index (χ0) is 7.56. The first-order valence-corrected chi connectivity index (χ1v) is 3.05. The fraction of sp³-hybridized carbons (Fsp3) is 0.250. The van der Waals surface area contributed by atoms with E-state index in [0.29, 0.717) is 0 Å². The molecule has 0 radical (unpaired) electrons. The molecule has 0 bridgehead atoms. The Hall–Kier alpha value is 0.196. The van der Waals surface area contributed by atoms with E-state index in [2.05, 4.69) is 6.07 Å². The van der Waals surface area contributed by atoms with Crippen molar-refractivity contribution in [1.82, 2.24) is 0 Å². The maximum Gasteiger partial charge on any atom is 2.00 e. The Morgan fingerprint density at radius 2 is 1.92 bits per heavy atom. The van der Waals surface area contributed by atoms with Crippen LogP contribution in [-0.2, 0) is 0 Å². The summed E-state index contributed by atoms with van der Waals surface area (Å²) < 4.78 is 12.3. The summed E-state index contributed by atoms with van der Waals surface area (Å²) in [6, 6.07) is 7.21. The van der Waals surface area contributed by atoms with Crippen LogP contribution in [-0.4, -0.2) is 37.1 Å². The van der Waals surface area contributed by atoms with E-state index in [1.54, 1.807) is 12.1 Å². The van der Waals surface area contributed by atoms with Gasteiger partial charge in [-0.15, -0.1) is 18.2 Å². The van der Waals surface area contributed by atoms with E-state index >= 15 is 0 Å². The number of hydrogen-bond acceptors (Lipinski definition) is 1. The molecule has 1 nitrogen and oxygen atoms in total. The second kappa shape index (κ2) is 6.68. The number of halogens is 2. The molecule has 0 fully saturated rings. The van der Waals surface area contributed by atoms with Gasteiger partial charge in [-0.05, 0) is 14.1 Å². The molecule has 0 N–H and O–H groups in total. The van der Waals surface area contributed by atoms with Gasteiger partial charge in [0.2, 0.25) is 0 Å². The van der Waals surface area contributed by atoms with Crippen LogP contribution < -0.4 is 21.9 Å². The number of hydrogen-bond donors (Lipinski definition) is 0. The van der Waals surface area contributed by atoms with E-state index in [1.165, 1.54) is 6.07 Å². The quantitative estimate of drug-likeness (QED) is 0.420. The van der Waals surface area contributed by atoms with Crippen LogP contribution >= 0.6 is 0 Å². The van der Waals surface area contributed by atoms with Gasteiger partial charge in [0, 0.05) is 5.82 Å². The maximum atomic E-state index is 12.3. The minimum atomic E-state index is -0.314. The molecule has 4 heteroatoms. The van der Waals surface area contributed by atoms with Crippen LogP contribution in [0, 0.1) is 11.9 Å². The summed E-state index contributed by atoms with van der Waals surface area (Å²) in [6.45, 7) is 0. The van der Waals surface area contributed by atoms with Crippen molar-refractivity contribution < 1.29 is 21.4 Å². The molecule has 0 amide bonds. The van der Waals surface area contributed by atoms with Crippen molar-refractivity contribution in [2.45, 2.75) is 0 Å². The summed E-state index contributed by atoms with van der Waals surface area (Å²) in [6.07, 6.45) is 0. The third-order valence-corrected chi connectivity index (χ3v) is 1.27. The van der Waals surface area contributed by atoms with Gasteiger partial charge in [-0.3, -0.25) is 0 Å². The number of rotatable bonds is 1. The second-order valence-electron chi connectivity index (χ2n) is 2.29. The molecule has 0 aliphatic rings. The van der Waals surface area contributed by atoms with Gasteiger partial charge in [-0.1, -0.05) is 5.69 Å². The Morgan fingerprint density at radius 1 is 1.33 bits per heavy atom. The van der Waals surface area contributed by atoms with Crippen molar-refractivity contribution >= 4 is 28.7 Å². The number of anilines is 1. The molecule has 0 saturated carbocycles. The third-order valence-electron chi connectivity index (χ3n) is 1.27. The van der Waals surface area contributed by atoms with E-state index in [-0.39, 0.29) is 45.9 Å². The maximum absolute atomic E-state index is 12.3. The summed E-state index contributed by atoms with van der Waals surface area (Å²) in [7, 11) is 3.81. The van der Waals surface area contributed by atoms with Gasteiger partial charge in [0.1, 0.15) is 0 Å². The second-order valence-corrected chi connectivity index (χ2v) is 2.29. The van der Waals surface area contributed by atoms with Crippen LogP contribution in [0.25, 0.3) is 0 Å². The van der Waals surface area contributed by atoms with Gasteiger partial charge in [0.05, 0.1) is 0 Å². The third kappa shape index (κ3) is 4.28. The molecule has 1 aromatic carbocycles. The van der Waals surface area contributed by atoms with E-state index in [4.69, 9.17) is 0 Å². The predicted octanol–water partition coefficient (Wildman–Crippen LogP) is -1.68. The first-order valence-electron chi connectivity index (χ1n) is 3.05. The molecule has 0 unspecified atom stereocenters. The van der Waals surface area contributed by atoms with E-state index in [0.717, 1.165) is 5.69 Å². The zero-order valence-corrected chi connectivity index (χ0v) is 10.1. The van der Waals surface area contributed by atoms with Crippen LogP contribution in [0.4, 0.5) is 10.1 Å². The van der Waals surface area contributed by atoms with Gasteiger partial charge < -0.3 is 21.9 Å².